The molecule has 1 heterocycles. The number of hydrogen-bond donors (Lipinski definition) is 1. The van der Waals surface area contributed by atoms with Crippen molar-refractivity contribution in [2.24, 2.45) is 0 Å². The van der Waals surface area contributed by atoms with Crippen molar-refractivity contribution in [3.63, 3.8) is 0 Å². The van der Waals surface area contributed by atoms with Gasteiger partial charge in [-0.25, -0.2) is 4.79 Å². The maximum atomic E-state index is 12.8. The second-order valence-corrected chi connectivity index (χ2v) is 7.21. The van der Waals surface area contributed by atoms with E-state index in [1.165, 1.54) is 6.92 Å². The number of nitrogens with one attached hydrogen (secondary N) is 1. The van der Waals surface area contributed by atoms with E-state index in [0.29, 0.717) is 5.56 Å². The lowest BCUT2D eigenvalue weighted by molar-refractivity contribution is -0.159. The van der Waals surface area contributed by atoms with Crippen molar-refractivity contribution in [2.75, 3.05) is 0 Å². The van der Waals surface area contributed by atoms with Crippen LogP contribution in [0.5, 0.6) is 0 Å². The molecule has 7 heteroatoms. The van der Waals surface area contributed by atoms with Crippen molar-refractivity contribution >= 4 is 23.7 Å². The SMILES string of the molecule is CC(C(=O)OC(C(=O)NC1CC1)c1ccccc1)N1C(=O)c2ccccc2C1=O. The molecule has 0 aromatic heterocycles. The van der Waals surface area contributed by atoms with Crippen LogP contribution in [0.3, 0.4) is 0 Å². The summed E-state index contributed by atoms with van der Waals surface area (Å²) in [5, 5.41) is 2.83. The smallest absolute Gasteiger partial charge is 0.330 e. The van der Waals surface area contributed by atoms with Gasteiger partial charge in [0.15, 0.2) is 0 Å². The molecule has 7 nitrogen and oxygen atoms in total. The molecule has 1 saturated carbocycles. The minimum Gasteiger partial charge on any atom is -0.446 e. The first-order chi connectivity index (χ1) is 14.0. The summed E-state index contributed by atoms with van der Waals surface area (Å²) in [5.41, 5.74) is 1.03. The second-order valence-electron chi connectivity index (χ2n) is 7.21. The first kappa shape index (κ1) is 18.9. The van der Waals surface area contributed by atoms with Crippen molar-refractivity contribution in [3.8, 4) is 0 Å². The molecule has 29 heavy (non-hydrogen) atoms. The van der Waals surface area contributed by atoms with Gasteiger partial charge in [0.2, 0.25) is 6.10 Å². The van der Waals surface area contributed by atoms with Crippen molar-refractivity contribution in [1.82, 2.24) is 10.2 Å². The van der Waals surface area contributed by atoms with Crippen LogP contribution in [0.15, 0.2) is 54.6 Å². The molecule has 148 valence electrons. The van der Waals surface area contributed by atoms with Crippen molar-refractivity contribution in [3.05, 3.63) is 71.3 Å². The monoisotopic (exact) mass is 392 g/mol. The fourth-order valence-electron chi connectivity index (χ4n) is 3.28. The van der Waals surface area contributed by atoms with Crippen molar-refractivity contribution in [1.29, 1.82) is 0 Å². The largest absolute Gasteiger partial charge is 0.446 e. The molecule has 2 aromatic rings. The molecule has 2 aromatic carbocycles. The van der Waals surface area contributed by atoms with Gasteiger partial charge in [-0.2, -0.15) is 0 Å². The number of amides is 3. The van der Waals surface area contributed by atoms with Crippen LogP contribution in [-0.4, -0.2) is 40.7 Å². The number of esters is 1. The van der Waals surface area contributed by atoms with Crippen LogP contribution in [-0.2, 0) is 14.3 Å². The summed E-state index contributed by atoms with van der Waals surface area (Å²) in [5.74, 6) is -2.33. The van der Waals surface area contributed by atoms with Crippen molar-refractivity contribution < 1.29 is 23.9 Å². The molecule has 2 atom stereocenters. The Kier molecular flexibility index (Phi) is 4.88. The van der Waals surface area contributed by atoms with Crippen LogP contribution in [0.1, 0.15) is 52.1 Å². The summed E-state index contributed by atoms with van der Waals surface area (Å²) >= 11 is 0. The topological polar surface area (TPSA) is 92.8 Å². The highest BCUT2D eigenvalue weighted by Crippen LogP contribution is 2.27. The predicted molar refractivity (Wildman–Crippen MR) is 103 cm³/mol. The molecule has 0 bridgehead atoms. The molecule has 3 amide bonds. The lowest BCUT2D eigenvalue weighted by Crippen LogP contribution is -2.45. The van der Waals surface area contributed by atoms with Crippen LogP contribution >= 0.6 is 0 Å². The van der Waals surface area contributed by atoms with E-state index in [9.17, 15) is 19.2 Å². The van der Waals surface area contributed by atoms with Crippen LogP contribution in [0.25, 0.3) is 0 Å². The third-order valence-corrected chi connectivity index (χ3v) is 5.05. The number of imide groups is 1. The van der Waals surface area contributed by atoms with E-state index in [2.05, 4.69) is 5.32 Å². The minimum absolute atomic E-state index is 0.0982. The molecule has 1 N–H and O–H groups in total. The number of ether oxygens (including phenoxy) is 1. The van der Waals surface area contributed by atoms with Crippen LogP contribution in [0, 0.1) is 0 Å². The fourth-order valence-corrected chi connectivity index (χ4v) is 3.28. The van der Waals surface area contributed by atoms with Gasteiger partial charge in [0, 0.05) is 11.6 Å². The van der Waals surface area contributed by atoms with Crippen LogP contribution in [0.4, 0.5) is 0 Å². The summed E-state index contributed by atoms with van der Waals surface area (Å²) in [7, 11) is 0. The number of fused-ring (bicyclic) bond motifs is 1. The molecule has 4 rings (SSSR count). The standard InChI is InChI=1S/C22H20N2O5/c1-13(24-20(26)16-9-5-6-10-17(16)21(24)27)22(28)29-18(14-7-3-2-4-8-14)19(25)23-15-11-12-15/h2-10,13,15,18H,11-12H2,1H3,(H,23,25). The number of benzene rings is 2. The first-order valence-corrected chi connectivity index (χ1v) is 9.50. The van der Waals surface area contributed by atoms with Gasteiger partial charge in [0.05, 0.1) is 11.1 Å². The highest BCUT2D eigenvalue weighted by molar-refractivity contribution is 6.22. The van der Waals surface area contributed by atoms with Gasteiger partial charge in [0.25, 0.3) is 17.7 Å². The number of hydrogen-bond acceptors (Lipinski definition) is 5. The van der Waals surface area contributed by atoms with Gasteiger partial charge in [-0.05, 0) is 31.9 Å². The Balaban J connectivity index is 1.54. The highest BCUT2D eigenvalue weighted by atomic mass is 16.5. The third-order valence-electron chi connectivity index (χ3n) is 5.05. The molecule has 1 fully saturated rings. The molecule has 1 aliphatic carbocycles. The van der Waals surface area contributed by atoms with E-state index < -0.39 is 35.8 Å². The minimum atomic E-state index is -1.16. The maximum absolute atomic E-state index is 12.8. The third kappa shape index (κ3) is 3.63. The van der Waals surface area contributed by atoms with E-state index >= 15 is 0 Å². The van der Waals surface area contributed by atoms with Gasteiger partial charge in [0.1, 0.15) is 6.04 Å². The molecule has 1 aliphatic heterocycles. The Hall–Kier alpha value is -3.48. The van der Waals surface area contributed by atoms with Crippen LogP contribution in [0.2, 0.25) is 0 Å². The van der Waals surface area contributed by atoms with E-state index in [1.807, 2.05) is 0 Å². The molecule has 0 radical (unpaired) electrons. The summed E-state index contributed by atoms with van der Waals surface area (Å²) < 4.78 is 5.50. The average molecular weight is 392 g/mol. The number of carbonyl (C=O) groups excluding carboxylic acids is 4. The lowest BCUT2D eigenvalue weighted by atomic mass is 10.1. The Labute approximate surface area is 167 Å². The highest BCUT2D eigenvalue weighted by Gasteiger charge is 2.42. The van der Waals surface area contributed by atoms with E-state index in [1.54, 1.807) is 54.6 Å². The maximum Gasteiger partial charge on any atom is 0.330 e. The Bertz CT molecular complexity index is 949. The Morgan fingerprint density at radius 2 is 1.52 bits per heavy atom. The number of rotatable bonds is 6. The summed E-state index contributed by atoms with van der Waals surface area (Å²) in [6.07, 6.45) is 0.640. The van der Waals surface area contributed by atoms with Gasteiger partial charge in [-0.1, -0.05) is 42.5 Å². The normalized spacial score (nSPS) is 17.5. The van der Waals surface area contributed by atoms with Gasteiger partial charge in [-0.3, -0.25) is 19.3 Å². The number of carbonyl (C=O) groups is 4. The summed E-state index contributed by atoms with van der Waals surface area (Å²) in [6.45, 7) is 1.42. The Morgan fingerprint density at radius 3 is 2.07 bits per heavy atom. The van der Waals surface area contributed by atoms with Gasteiger partial charge >= 0.3 is 5.97 Å². The Morgan fingerprint density at radius 1 is 0.966 bits per heavy atom. The molecule has 2 aliphatic rings. The van der Waals surface area contributed by atoms with Gasteiger partial charge < -0.3 is 10.1 Å². The predicted octanol–water partition coefficient (Wildman–Crippen LogP) is 2.23. The van der Waals surface area contributed by atoms with E-state index in [0.717, 1.165) is 17.7 Å². The molecular weight excluding hydrogens is 372 g/mol. The fraction of sp³-hybridized carbons (Fsp3) is 0.273. The van der Waals surface area contributed by atoms with E-state index in [4.69, 9.17) is 4.74 Å². The van der Waals surface area contributed by atoms with E-state index in [-0.39, 0.29) is 17.2 Å². The second kappa shape index (κ2) is 7.50. The molecule has 0 spiro atoms. The molecule has 2 unspecified atom stereocenters. The van der Waals surface area contributed by atoms with Crippen LogP contribution < -0.4 is 5.32 Å². The zero-order valence-electron chi connectivity index (χ0n) is 15.8. The summed E-state index contributed by atoms with van der Waals surface area (Å²) in [4.78, 5) is 51.6. The van der Waals surface area contributed by atoms with Crippen molar-refractivity contribution in [2.45, 2.75) is 38.0 Å². The summed E-state index contributed by atoms with van der Waals surface area (Å²) in [6, 6.07) is 14.0. The lowest BCUT2D eigenvalue weighted by Gasteiger charge is -2.24. The zero-order valence-corrected chi connectivity index (χ0v) is 15.8. The average Bonchev–Trinajstić information content (AvgIpc) is 3.51. The molecule has 0 saturated heterocycles. The number of nitrogens with zero attached hydrogens (tertiary/aromatic N) is 1. The first-order valence-electron chi connectivity index (χ1n) is 9.50. The quantitative estimate of drug-likeness (QED) is 0.601. The molecular formula is C22H20N2O5. The van der Waals surface area contributed by atoms with Gasteiger partial charge in [-0.15, -0.1) is 0 Å². The zero-order chi connectivity index (χ0) is 20.5.